The minimum absolute atomic E-state index is 0.183. The Morgan fingerprint density at radius 1 is 0.750 bits per heavy atom. The smallest absolute Gasteiger partial charge is 0.337 e. The van der Waals surface area contributed by atoms with Crippen molar-refractivity contribution in [3.05, 3.63) is 59.7 Å². The fourth-order valence-electron chi connectivity index (χ4n) is 3.84. The standard InChI is InChI=1S/C24H26N2O6/c1-31-23(29)17-8-4-10-19(13-17)25-21(27)15-6-3-7-16(12-15)22(28)26-20-11-5-9-18(14-20)24(30)32-2/h4-5,8-11,13-16H,3,6-7,12H2,1-2H3,(H,25,27)(H,26,28). The van der Waals surface area contributed by atoms with E-state index < -0.39 is 11.9 Å². The quantitative estimate of drug-likeness (QED) is 0.666. The topological polar surface area (TPSA) is 111 Å². The first-order valence-electron chi connectivity index (χ1n) is 10.4. The number of nitrogens with one attached hydrogen (secondary N) is 2. The maximum absolute atomic E-state index is 12.8. The number of benzene rings is 2. The van der Waals surface area contributed by atoms with Gasteiger partial charge in [0.2, 0.25) is 11.8 Å². The van der Waals surface area contributed by atoms with Crippen molar-refractivity contribution in [1.82, 2.24) is 0 Å². The van der Waals surface area contributed by atoms with Gasteiger partial charge in [0.15, 0.2) is 0 Å². The molecule has 0 spiro atoms. The van der Waals surface area contributed by atoms with E-state index in [-0.39, 0.29) is 23.7 Å². The molecule has 32 heavy (non-hydrogen) atoms. The van der Waals surface area contributed by atoms with Gasteiger partial charge in [-0.05, 0) is 55.7 Å². The zero-order valence-corrected chi connectivity index (χ0v) is 18.1. The van der Waals surface area contributed by atoms with Gasteiger partial charge < -0.3 is 20.1 Å². The van der Waals surface area contributed by atoms with Crippen LogP contribution in [0.5, 0.6) is 0 Å². The monoisotopic (exact) mass is 438 g/mol. The second kappa shape index (κ2) is 10.6. The van der Waals surface area contributed by atoms with Gasteiger partial charge >= 0.3 is 11.9 Å². The first-order valence-corrected chi connectivity index (χ1v) is 10.4. The third-order valence-electron chi connectivity index (χ3n) is 5.52. The number of hydrogen-bond acceptors (Lipinski definition) is 6. The summed E-state index contributed by atoms with van der Waals surface area (Å²) in [4.78, 5) is 49.0. The van der Waals surface area contributed by atoms with E-state index in [9.17, 15) is 19.2 Å². The first kappa shape index (κ1) is 23.0. The van der Waals surface area contributed by atoms with Crippen LogP contribution >= 0.6 is 0 Å². The Balaban J connectivity index is 1.61. The molecule has 0 aliphatic heterocycles. The van der Waals surface area contributed by atoms with Crippen LogP contribution in [0.15, 0.2) is 48.5 Å². The molecule has 2 atom stereocenters. The summed E-state index contributed by atoms with van der Waals surface area (Å²) < 4.78 is 9.41. The summed E-state index contributed by atoms with van der Waals surface area (Å²) in [5.74, 6) is -1.96. The number of carbonyl (C=O) groups excluding carboxylic acids is 4. The summed E-state index contributed by atoms with van der Waals surface area (Å²) in [6.07, 6.45) is 2.54. The Morgan fingerprint density at radius 2 is 1.19 bits per heavy atom. The van der Waals surface area contributed by atoms with Gasteiger partial charge in [0, 0.05) is 23.2 Å². The lowest BCUT2D eigenvalue weighted by Crippen LogP contribution is -2.33. The SMILES string of the molecule is COC(=O)c1cccc(NC(=O)C2CCCC(C(=O)Nc3cccc(C(=O)OC)c3)C2)c1. The Kier molecular flexibility index (Phi) is 7.59. The molecule has 8 nitrogen and oxygen atoms in total. The number of amides is 2. The zero-order valence-electron chi connectivity index (χ0n) is 18.1. The van der Waals surface area contributed by atoms with Gasteiger partial charge in [0.05, 0.1) is 25.3 Å². The molecule has 8 heteroatoms. The van der Waals surface area contributed by atoms with E-state index in [1.54, 1.807) is 48.5 Å². The van der Waals surface area contributed by atoms with Gasteiger partial charge in [0.25, 0.3) is 0 Å². The third kappa shape index (κ3) is 5.72. The number of carbonyl (C=O) groups is 4. The minimum Gasteiger partial charge on any atom is -0.465 e. The summed E-state index contributed by atoms with van der Waals surface area (Å²) in [6.45, 7) is 0. The second-order valence-electron chi connectivity index (χ2n) is 7.68. The average Bonchev–Trinajstić information content (AvgIpc) is 2.83. The molecule has 0 bridgehead atoms. The second-order valence-corrected chi connectivity index (χ2v) is 7.68. The molecule has 1 saturated carbocycles. The summed E-state index contributed by atoms with van der Waals surface area (Å²) >= 11 is 0. The van der Waals surface area contributed by atoms with E-state index >= 15 is 0 Å². The predicted molar refractivity (Wildman–Crippen MR) is 118 cm³/mol. The highest BCUT2D eigenvalue weighted by atomic mass is 16.5. The maximum Gasteiger partial charge on any atom is 0.337 e. The normalized spacial score (nSPS) is 17.7. The first-order chi connectivity index (χ1) is 15.4. The van der Waals surface area contributed by atoms with E-state index in [1.807, 2.05) is 0 Å². The van der Waals surface area contributed by atoms with Crippen LogP contribution in [0.1, 0.15) is 46.4 Å². The lowest BCUT2D eigenvalue weighted by Gasteiger charge is -2.27. The van der Waals surface area contributed by atoms with Crippen LogP contribution in [-0.4, -0.2) is 38.0 Å². The van der Waals surface area contributed by atoms with Crippen molar-refractivity contribution >= 4 is 35.1 Å². The van der Waals surface area contributed by atoms with Crippen LogP contribution in [0.3, 0.4) is 0 Å². The summed E-state index contributed by atoms with van der Waals surface area (Å²) in [5, 5.41) is 5.67. The Hall–Kier alpha value is -3.68. The van der Waals surface area contributed by atoms with E-state index in [1.165, 1.54) is 14.2 Å². The molecule has 0 saturated heterocycles. The third-order valence-corrected chi connectivity index (χ3v) is 5.52. The van der Waals surface area contributed by atoms with Crippen LogP contribution in [0.2, 0.25) is 0 Å². The van der Waals surface area contributed by atoms with Crippen molar-refractivity contribution in [2.45, 2.75) is 25.7 Å². The van der Waals surface area contributed by atoms with Crippen LogP contribution in [0.4, 0.5) is 11.4 Å². The maximum atomic E-state index is 12.8. The Bertz CT molecular complexity index is 940. The van der Waals surface area contributed by atoms with E-state index in [4.69, 9.17) is 9.47 Å². The lowest BCUT2D eigenvalue weighted by atomic mass is 9.80. The molecule has 3 rings (SSSR count). The number of rotatable bonds is 6. The summed E-state index contributed by atoms with van der Waals surface area (Å²) in [5.41, 5.74) is 1.70. The molecule has 2 N–H and O–H groups in total. The average molecular weight is 438 g/mol. The summed E-state index contributed by atoms with van der Waals surface area (Å²) in [6, 6.07) is 13.1. The predicted octanol–water partition coefficient (Wildman–Crippen LogP) is 3.64. The van der Waals surface area contributed by atoms with Crippen molar-refractivity contribution in [1.29, 1.82) is 0 Å². The largest absolute Gasteiger partial charge is 0.465 e. The molecule has 2 amide bonds. The fourth-order valence-corrected chi connectivity index (χ4v) is 3.84. The van der Waals surface area contributed by atoms with Gasteiger partial charge in [-0.1, -0.05) is 18.6 Å². The number of esters is 2. The number of anilines is 2. The van der Waals surface area contributed by atoms with Gasteiger partial charge in [-0.3, -0.25) is 9.59 Å². The fraction of sp³-hybridized carbons (Fsp3) is 0.333. The molecule has 2 unspecified atom stereocenters. The van der Waals surface area contributed by atoms with Crippen LogP contribution in [0, 0.1) is 11.8 Å². The molecular formula is C24H26N2O6. The van der Waals surface area contributed by atoms with Crippen molar-refractivity contribution < 1.29 is 28.7 Å². The Labute approximate surface area is 186 Å². The van der Waals surface area contributed by atoms with E-state index in [0.29, 0.717) is 41.8 Å². The van der Waals surface area contributed by atoms with E-state index in [2.05, 4.69) is 10.6 Å². The number of hydrogen-bond donors (Lipinski definition) is 2. The highest BCUT2D eigenvalue weighted by molar-refractivity contribution is 5.97. The minimum atomic E-state index is -0.480. The highest BCUT2D eigenvalue weighted by Gasteiger charge is 2.31. The van der Waals surface area contributed by atoms with Crippen LogP contribution < -0.4 is 10.6 Å². The van der Waals surface area contributed by atoms with Crippen molar-refractivity contribution in [2.24, 2.45) is 11.8 Å². The molecule has 1 aliphatic carbocycles. The lowest BCUT2D eigenvalue weighted by molar-refractivity contribution is -0.124. The van der Waals surface area contributed by atoms with E-state index in [0.717, 1.165) is 6.42 Å². The van der Waals surface area contributed by atoms with Gasteiger partial charge in [-0.15, -0.1) is 0 Å². The molecule has 1 fully saturated rings. The number of ether oxygens (including phenoxy) is 2. The van der Waals surface area contributed by atoms with Crippen LogP contribution in [0.25, 0.3) is 0 Å². The zero-order chi connectivity index (χ0) is 23.1. The Morgan fingerprint density at radius 3 is 1.59 bits per heavy atom. The van der Waals surface area contributed by atoms with Crippen molar-refractivity contribution in [2.75, 3.05) is 24.9 Å². The molecule has 168 valence electrons. The molecule has 0 aromatic heterocycles. The molecule has 0 heterocycles. The van der Waals surface area contributed by atoms with Crippen molar-refractivity contribution in [3.63, 3.8) is 0 Å². The molecular weight excluding hydrogens is 412 g/mol. The summed E-state index contributed by atoms with van der Waals surface area (Å²) in [7, 11) is 2.60. The highest BCUT2D eigenvalue weighted by Crippen LogP contribution is 2.31. The van der Waals surface area contributed by atoms with Gasteiger partial charge in [0.1, 0.15) is 0 Å². The molecule has 2 aromatic carbocycles. The van der Waals surface area contributed by atoms with Crippen LogP contribution in [-0.2, 0) is 19.1 Å². The van der Waals surface area contributed by atoms with Gasteiger partial charge in [-0.25, -0.2) is 9.59 Å². The van der Waals surface area contributed by atoms with Crippen molar-refractivity contribution in [3.8, 4) is 0 Å². The number of methoxy groups -OCH3 is 2. The molecule has 1 aliphatic rings. The van der Waals surface area contributed by atoms with Gasteiger partial charge in [-0.2, -0.15) is 0 Å². The molecule has 2 aromatic rings. The molecule has 0 radical (unpaired) electrons.